The standard InChI is InChI=1S/C22H18Cl2N4OS/c1-12-7-8-25-19(9-12)28-13(2)10-15(14(28)3)11-18-21(29)27-22(30-18)26-17-6-4-5-16(23)20(17)24/h4-11H,1-3H3,(H,26,27,29). The minimum absolute atomic E-state index is 0.199. The Morgan fingerprint density at radius 1 is 1.17 bits per heavy atom. The highest BCUT2D eigenvalue weighted by atomic mass is 35.5. The summed E-state index contributed by atoms with van der Waals surface area (Å²) < 4.78 is 2.08. The van der Waals surface area contributed by atoms with Gasteiger partial charge in [-0.15, -0.1) is 0 Å². The predicted molar refractivity (Wildman–Crippen MR) is 125 cm³/mol. The number of aliphatic imine (C=N–C) groups is 1. The second kappa shape index (κ2) is 8.30. The number of hydrogen-bond acceptors (Lipinski definition) is 4. The monoisotopic (exact) mass is 456 g/mol. The van der Waals surface area contributed by atoms with Crippen LogP contribution >= 0.6 is 35.0 Å². The molecule has 4 rings (SSSR count). The van der Waals surface area contributed by atoms with E-state index in [1.165, 1.54) is 11.8 Å². The third kappa shape index (κ3) is 4.03. The number of halogens is 2. The fourth-order valence-electron chi connectivity index (χ4n) is 3.24. The molecule has 1 saturated heterocycles. The van der Waals surface area contributed by atoms with Gasteiger partial charge < -0.3 is 9.88 Å². The number of pyridine rings is 1. The molecule has 3 heterocycles. The van der Waals surface area contributed by atoms with Gasteiger partial charge in [-0.05, 0) is 80.1 Å². The van der Waals surface area contributed by atoms with Crippen LogP contribution in [0.25, 0.3) is 11.9 Å². The SMILES string of the molecule is Cc1ccnc(-n2c(C)cc(C=C3SC(=Nc4cccc(Cl)c4Cl)NC3=O)c2C)c1. The number of thioether (sulfide) groups is 1. The van der Waals surface area contributed by atoms with E-state index >= 15 is 0 Å². The summed E-state index contributed by atoms with van der Waals surface area (Å²) in [7, 11) is 0. The van der Waals surface area contributed by atoms with Crippen LogP contribution in [-0.2, 0) is 4.79 Å². The van der Waals surface area contributed by atoms with E-state index in [2.05, 4.69) is 19.9 Å². The molecule has 2 aromatic heterocycles. The van der Waals surface area contributed by atoms with Gasteiger partial charge in [-0.1, -0.05) is 29.3 Å². The van der Waals surface area contributed by atoms with E-state index in [1.54, 1.807) is 24.4 Å². The third-order valence-electron chi connectivity index (χ3n) is 4.69. The predicted octanol–water partition coefficient (Wildman–Crippen LogP) is 6.00. The average Bonchev–Trinajstić information content (AvgIpc) is 3.17. The summed E-state index contributed by atoms with van der Waals surface area (Å²) in [4.78, 5) is 22.0. The van der Waals surface area contributed by atoms with Gasteiger partial charge in [0, 0.05) is 17.6 Å². The van der Waals surface area contributed by atoms with Gasteiger partial charge in [-0.25, -0.2) is 9.98 Å². The van der Waals surface area contributed by atoms with Gasteiger partial charge in [-0.2, -0.15) is 0 Å². The van der Waals surface area contributed by atoms with Gasteiger partial charge in [0.1, 0.15) is 5.82 Å². The van der Waals surface area contributed by atoms with E-state index in [9.17, 15) is 4.79 Å². The highest BCUT2D eigenvalue weighted by Gasteiger charge is 2.25. The van der Waals surface area contributed by atoms with Gasteiger partial charge in [0.25, 0.3) is 5.91 Å². The zero-order valence-electron chi connectivity index (χ0n) is 16.5. The van der Waals surface area contributed by atoms with Crippen LogP contribution in [0.15, 0.2) is 52.5 Å². The molecular formula is C22H18Cl2N4OS. The summed E-state index contributed by atoms with van der Waals surface area (Å²) in [6.45, 7) is 6.07. The number of aryl methyl sites for hydroxylation is 2. The lowest BCUT2D eigenvalue weighted by Gasteiger charge is -2.09. The number of aromatic nitrogens is 2. The maximum absolute atomic E-state index is 12.5. The molecule has 152 valence electrons. The maximum atomic E-state index is 12.5. The number of nitrogens with one attached hydrogen (secondary N) is 1. The molecule has 1 fully saturated rings. The Balaban J connectivity index is 1.66. The van der Waals surface area contributed by atoms with Gasteiger partial charge >= 0.3 is 0 Å². The van der Waals surface area contributed by atoms with Gasteiger partial charge in [0.05, 0.1) is 20.6 Å². The van der Waals surface area contributed by atoms with Crippen LogP contribution in [0.3, 0.4) is 0 Å². The van der Waals surface area contributed by atoms with Crippen molar-refractivity contribution in [2.45, 2.75) is 20.8 Å². The molecule has 0 bridgehead atoms. The fourth-order valence-corrected chi connectivity index (χ4v) is 4.40. The second-order valence-corrected chi connectivity index (χ2v) is 8.72. The van der Waals surface area contributed by atoms with Gasteiger partial charge in [-0.3, -0.25) is 4.79 Å². The summed E-state index contributed by atoms with van der Waals surface area (Å²) in [5.74, 6) is 0.659. The van der Waals surface area contributed by atoms with Crippen molar-refractivity contribution in [1.82, 2.24) is 14.9 Å². The number of amides is 1. The molecule has 5 nitrogen and oxygen atoms in total. The Hall–Kier alpha value is -2.54. The molecule has 8 heteroatoms. The van der Waals surface area contributed by atoms with E-state index in [1.807, 2.05) is 45.0 Å². The number of hydrogen-bond donors (Lipinski definition) is 1. The maximum Gasteiger partial charge on any atom is 0.264 e. The normalized spacial score (nSPS) is 16.5. The van der Waals surface area contributed by atoms with Crippen molar-refractivity contribution in [3.8, 4) is 5.82 Å². The molecule has 0 atom stereocenters. The van der Waals surface area contributed by atoms with Crippen LogP contribution in [0.4, 0.5) is 5.69 Å². The molecular weight excluding hydrogens is 439 g/mol. The van der Waals surface area contributed by atoms with E-state index in [0.29, 0.717) is 25.8 Å². The van der Waals surface area contributed by atoms with E-state index in [0.717, 1.165) is 28.3 Å². The molecule has 1 aliphatic heterocycles. The average molecular weight is 457 g/mol. The largest absolute Gasteiger partial charge is 0.303 e. The molecule has 1 amide bonds. The lowest BCUT2D eigenvalue weighted by molar-refractivity contribution is -0.115. The van der Waals surface area contributed by atoms with Crippen LogP contribution in [0.2, 0.25) is 10.0 Å². The molecule has 0 unspecified atom stereocenters. The van der Waals surface area contributed by atoms with E-state index < -0.39 is 0 Å². The number of carbonyl (C=O) groups is 1. The molecule has 30 heavy (non-hydrogen) atoms. The lowest BCUT2D eigenvalue weighted by Crippen LogP contribution is -2.19. The molecule has 1 N–H and O–H groups in total. The van der Waals surface area contributed by atoms with Gasteiger partial charge in [0.15, 0.2) is 5.17 Å². The Labute approximate surface area is 188 Å². The smallest absolute Gasteiger partial charge is 0.264 e. The number of rotatable bonds is 3. The summed E-state index contributed by atoms with van der Waals surface area (Å²) in [6.07, 6.45) is 3.67. The number of carbonyl (C=O) groups excluding carboxylic acids is 1. The Morgan fingerprint density at radius 2 is 1.97 bits per heavy atom. The summed E-state index contributed by atoms with van der Waals surface area (Å²) >= 11 is 13.5. The molecule has 0 spiro atoms. The number of nitrogens with zero attached hydrogens (tertiary/aromatic N) is 3. The van der Waals surface area contributed by atoms with Crippen molar-refractivity contribution in [3.63, 3.8) is 0 Å². The zero-order valence-corrected chi connectivity index (χ0v) is 18.9. The molecule has 0 saturated carbocycles. The lowest BCUT2D eigenvalue weighted by atomic mass is 10.2. The number of amidine groups is 1. The first kappa shape index (κ1) is 20.7. The zero-order chi connectivity index (χ0) is 21.4. The molecule has 0 aliphatic carbocycles. The van der Waals surface area contributed by atoms with Crippen molar-refractivity contribution in [1.29, 1.82) is 0 Å². The van der Waals surface area contributed by atoms with Crippen LogP contribution in [0.5, 0.6) is 0 Å². The Kier molecular flexibility index (Phi) is 5.73. The number of benzene rings is 1. The third-order valence-corrected chi connectivity index (χ3v) is 6.41. The molecule has 0 radical (unpaired) electrons. The first-order valence-corrected chi connectivity index (χ1v) is 10.8. The summed E-state index contributed by atoms with van der Waals surface area (Å²) in [6, 6.07) is 11.2. The minimum Gasteiger partial charge on any atom is -0.303 e. The van der Waals surface area contributed by atoms with Crippen LogP contribution in [0.1, 0.15) is 22.5 Å². The first-order valence-electron chi connectivity index (χ1n) is 9.19. The summed E-state index contributed by atoms with van der Waals surface area (Å²) in [5, 5.41) is 4.02. The summed E-state index contributed by atoms with van der Waals surface area (Å²) in [5.41, 5.74) is 4.65. The van der Waals surface area contributed by atoms with Crippen molar-refractivity contribution in [2.24, 2.45) is 4.99 Å². The van der Waals surface area contributed by atoms with Gasteiger partial charge in [0.2, 0.25) is 0 Å². The highest BCUT2D eigenvalue weighted by molar-refractivity contribution is 8.18. The molecule has 3 aromatic rings. The van der Waals surface area contributed by atoms with Crippen molar-refractivity contribution >= 4 is 57.8 Å². The van der Waals surface area contributed by atoms with Crippen molar-refractivity contribution < 1.29 is 4.79 Å². The van der Waals surface area contributed by atoms with Crippen molar-refractivity contribution in [3.05, 3.63) is 80.1 Å². The first-order chi connectivity index (χ1) is 14.3. The van der Waals surface area contributed by atoms with E-state index in [4.69, 9.17) is 23.2 Å². The Morgan fingerprint density at radius 3 is 2.73 bits per heavy atom. The molecule has 1 aromatic carbocycles. The minimum atomic E-state index is -0.199. The fraction of sp³-hybridized carbons (Fsp3) is 0.136. The second-order valence-electron chi connectivity index (χ2n) is 6.91. The van der Waals surface area contributed by atoms with Crippen LogP contribution in [-0.4, -0.2) is 20.6 Å². The van der Waals surface area contributed by atoms with Crippen molar-refractivity contribution in [2.75, 3.05) is 0 Å². The molecule has 1 aliphatic rings. The topological polar surface area (TPSA) is 59.3 Å². The van der Waals surface area contributed by atoms with E-state index in [-0.39, 0.29) is 5.91 Å². The quantitative estimate of drug-likeness (QED) is 0.491. The Bertz CT molecular complexity index is 1230. The highest BCUT2D eigenvalue weighted by Crippen LogP contribution is 2.35. The van der Waals surface area contributed by atoms with Crippen LogP contribution in [0, 0.1) is 20.8 Å². The van der Waals surface area contributed by atoms with Crippen LogP contribution < -0.4 is 5.32 Å².